The van der Waals surface area contributed by atoms with Gasteiger partial charge in [-0.15, -0.1) is 0 Å². The van der Waals surface area contributed by atoms with Crippen LogP contribution in [-0.2, 0) is 16.1 Å². The molecule has 1 aromatic carbocycles. The maximum absolute atomic E-state index is 11.7. The van der Waals surface area contributed by atoms with E-state index in [2.05, 4.69) is 5.32 Å². The highest BCUT2D eigenvalue weighted by molar-refractivity contribution is 5.91. The fraction of sp³-hybridized carbons (Fsp3) is 0.533. The van der Waals surface area contributed by atoms with Gasteiger partial charge in [0.05, 0.1) is 6.10 Å². The van der Waals surface area contributed by atoms with Gasteiger partial charge >= 0.3 is 0 Å². The Balaban J connectivity index is 1.73. The van der Waals surface area contributed by atoms with Crippen molar-refractivity contribution in [3.8, 4) is 0 Å². The Morgan fingerprint density at radius 1 is 1.21 bits per heavy atom. The number of benzene rings is 1. The number of hydrogen-bond donors (Lipinski definition) is 2. The van der Waals surface area contributed by atoms with E-state index < -0.39 is 0 Å². The maximum Gasteiger partial charge on any atom is 0.250 e. The zero-order valence-corrected chi connectivity index (χ0v) is 11.2. The number of hydrogen-bond acceptors (Lipinski definition) is 3. The number of amides is 1. The van der Waals surface area contributed by atoms with Crippen LogP contribution < -0.4 is 11.1 Å². The Morgan fingerprint density at radius 3 is 2.53 bits per heavy atom. The second-order valence-electron chi connectivity index (χ2n) is 5.02. The first kappa shape index (κ1) is 14.0. The summed E-state index contributed by atoms with van der Waals surface area (Å²) in [6.45, 7) is 0.655. The van der Waals surface area contributed by atoms with Gasteiger partial charge in [-0.05, 0) is 30.5 Å². The summed E-state index contributed by atoms with van der Waals surface area (Å²) in [6, 6.07) is 7.55. The van der Waals surface area contributed by atoms with E-state index in [1.54, 1.807) is 0 Å². The topological polar surface area (TPSA) is 64.3 Å². The van der Waals surface area contributed by atoms with Gasteiger partial charge in [-0.2, -0.15) is 0 Å². The zero-order chi connectivity index (χ0) is 13.5. The minimum Gasteiger partial charge on any atom is -0.368 e. The van der Waals surface area contributed by atoms with Gasteiger partial charge in [0.2, 0.25) is 5.91 Å². The number of carbonyl (C=O) groups excluding carboxylic acids is 1. The van der Waals surface area contributed by atoms with Gasteiger partial charge in [-0.3, -0.25) is 4.79 Å². The van der Waals surface area contributed by atoms with Gasteiger partial charge in [0.25, 0.3) is 0 Å². The second kappa shape index (κ2) is 7.26. The molecule has 0 spiro atoms. The molecule has 0 aliphatic heterocycles. The van der Waals surface area contributed by atoms with Gasteiger partial charge in [0.15, 0.2) is 0 Å². The van der Waals surface area contributed by atoms with Crippen molar-refractivity contribution in [2.24, 2.45) is 5.73 Å². The number of nitrogens with one attached hydrogen (secondary N) is 1. The van der Waals surface area contributed by atoms with Crippen LogP contribution in [0.5, 0.6) is 0 Å². The van der Waals surface area contributed by atoms with Gasteiger partial charge in [0, 0.05) is 12.2 Å². The minimum atomic E-state index is -0.0916. The van der Waals surface area contributed by atoms with E-state index >= 15 is 0 Å². The van der Waals surface area contributed by atoms with Crippen LogP contribution in [0.3, 0.4) is 0 Å². The average molecular weight is 262 g/mol. The molecule has 1 saturated carbocycles. The first-order valence-electron chi connectivity index (χ1n) is 6.98. The third-order valence-corrected chi connectivity index (χ3v) is 3.48. The Morgan fingerprint density at radius 2 is 1.89 bits per heavy atom. The van der Waals surface area contributed by atoms with Crippen LogP contribution in [0.15, 0.2) is 24.3 Å². The molecule has 104 valence electrons. The Labute approximate surface area is 114 Å². The fourth-order valence-corrected chi connectivity index (χ4v) is 2.35. The van der Waals surface area contributed by atoms with Crippen molar-refractivity contribution in [2.75, 3.05) is 11.9 Å². The molecule has 0 heterocycles. The Bertz CT molecular complexity index is 397. The lowest BCUT2D eigenvalue weighted by molar-refractivity contribution is -0.123. The predicted molar refractivity (Wildman–Crippen MR) is 75.8 cm³/mol. The molecule has 1 aliphatic carbocycles. The number of rotatable bonds is 5. The van der Waals surface area contributed by atoms with Crippen LogP contribution in [0, 0.1) is 0 Å². The van der Waals surface area contributed by atoms with Crippen molar-refractivity contribution in [1.29, 1.82) is 0 Å². The summed E-state index contributed by atoms with van der Waals surface area (Å²) in [7, 11) is 0. The van der Waals surface area contributed by atoms with Crippen molar-refractivity contribution >= 4 is 11.6 Å². The van der Waals surface area contributed by atoms with Gasteiger partial charge < -0.3 is 15.8 Å². The molecule has 19 heavy (non-hydrogen) atoms. The summed E-state index contributed by atoms with van der Waals surface area (Å²) in [4.78, 5) is 11.7. The molecule has 4 heteroatoms. The molecule has 0 radical (unpaired) electrons. The molecule has 0 bridgehead atoms. The molecule has 0 unspecified atom stereocenters. The minimum absolute atomic E-state index is 0.0916. The molecule has 2 rings (SSSR count). The van der Waals surface area contributed by atoms with Crippen molar-refractivity contribution in [3.05, 3.63) is 29.8 Å². The monoisotopic (exact) mass is 262 g/mol. The quantitative estimate of drug-likeness (QED) is 0.856. The van der Waals surface area contributed by atoms with E-state index in [1.807, 2.05) is 24.3 Å². The van der Waals surface area contributed by atoms with E-state index in [4.69, 9.17) is 10.5 Å². The Kier molecular flexibility index (Phi) is 5.36. The van der Waals surface area contributed by atoms with Crippen LogP contribution >= 0.6 is 0 Å². The molecule has 0 saturated heterocycles. The SMILES string of the molecule is NCc1ccc(NC(=O)COC2CCCCC2)cc1. The van der Waals surface area contributed by atoms with Crippen molar-refractivity contribution < 1.29 is 9.53 Å². The lowest BCUT2D eigenvalue weighted by Crippen LogP contribution is -2.24. The largest absolute Gasteiger partial charge is 0.368 e. The molecule has 1 amide bonds. The Hall–Kier alpha value is -1.39. The van der Waals surface area contributed by atoms with Crippen LogP contribution in [0.2, 0.25) is 0 Å². The number of anilines is 1. The maximum atomic E-state index is 11.7. The molecular weight excluding hydrogens is 240 g/mol. The molecular formula is C15H22N2O2. The van der Waals surface area contributed by atoms with E-state index in [9.17, 15) is 4.79 Å². The summed E-state index contributed by atoms with van der Waals surface area (Å²) in [5.74, 6) is -0.0916. The molecule has 1 aliphatic rings. The van der Waals surface area contributed by atoms with E-state index in [-0.39, 0.29) is 18.6 Å². The lowest BCUT2D eigenvalue weighted by Gasteiger charge is -2.21. The lowest BCUT2D eigenvalue weighted by atomic mass is 9.98. The second-order valence-corrected chi connectivity index (χ2v) is 5.02. The van der Waals surface area contributed by atoms with Crippen molar-refractivity contribution in [1.82, 2.24) is 0 Å². The summed E-state index contributed by atoms with van der Waals surface area (Å²) in [6.07, 6.45) is 6.15. The predicted octanol–water partition coefficient (Wildman–Crippen LogP) is 2.43. The summed E-state index contributed by atoms with van der Waals surface area (Å²) < 4.78 is 5.63. The van der Waals surface area contributed by atoms with E-state index in [0.29, 0.717) is 6.54 Å². The standard InChI is InChI=1S/C15H22N2O2/c16-10-12-6-8-13(9-7-12)17-15(18)11-19-14-4-2-1-3-5-14/h6-9,14H,1-5,10-11,16H2,(H,17,18). The van der Waals surface area contributed by atoms with Crippen molar-refractivity contribution in [2.45, 2.75) is 44.8 Å². The molecule has 4 nitrogen and oxygen atoms in total. The summed E-state index contributed by atoms with van der Waals surface area (Å²) >= 11 is 0. The normalized spacial score (nSPS) is 16.3. The third kappa shape index (κ3) is 4.65. The molecule has 1 aromatic rings. The molecule has 3 N–H and O–H groups in total. The highest BCUT2D eigenvalue weighted by Crippen LogP contribution is 2.20. The van der Waals surface area contributed by atoms with Crippen molar-refractivity contribution in [3.63, 3.8) is 0 Å². The smallest absolute Gasteiger partial charge is 0.250 e. The van der Waals surface area contributed by atoms with Crippen LogP contribution in [-0.4, -0.2) is 18.6 Å². The van der Waals surface area contributed by atoms with E-state index in [1.165, 1.54) is 19.3 Å². The third-order valence-electron chi connectivity index (χ3n) is 3.48. The van der Waals surface area contributed by atoms with Crippen LogP contribution in [0.4, 0.5) is 5.69 Å². The highest BCUT2D eigenvalue weighted by Gasteiger charge is 2.15. The van der Waals surface area contributed by atoms with Crippen LogP contribution in [0.25, 0.3) is 0 Å². The van der Waals surface area contributed by atoms with Gasteiger partial charge in [0.1, 0.15) is 6.61 Å². The van der Waals surface area contributed by atoms with E-state index in [0.717, 1.165) is 24.1 Å². The highest BCUT2D eigenvalue weighted by atomic mass is 16.5. The molecule has 0 atom stereocenters. The summed E-state index contributed by atoms with van der Waals surface area (Å²) in [5.41, 5.74) is 7.36. The number of ether oxygens (including phenoxy) is 1. The molecule has 1 fully saturated rings. The number of carbonyl (C=O) groups is 1. The molecule has 0 aromatic heterocycles. The van der Waals surface area contributed by atoms with Gasteiger partial charge in [-0.25, -0.2) is 0 Å². The summed E-state index contributed by atoms with van der Waals surface area (Å²) in [5, 5.41) is 2.83. The van der Waals surface area contributed by atoms with Crippen LogP contribution in [0.1, 0.15) is 37.7 Å². The zero-order valence-electron chi connectivity index (χ0n) is 11.2. The number of nitrogens with two attached hydrogens (primary N) is 1. The fourth-order valence-electron chi connectivity index (χ4n) is 2.35. The average Bonchev–Trinajstić information content (AvgIpc) is 2.47. The first-order chi connectivity index (χ1) is 9.28. The first-order valence-corrected chi connectivity index (χ1v) is 6.98. The van der Waals surface area contributed by atoms with Gasteiger partial charge in [-0.1, -0.05) is 31.4 Å².